The first-order chi connectivity index (χ1) is 9.00. The molecule has 6 heteroatoms. The summed E-state index contributed by atoms with van der Waals surface area (Å²) in [5.41, 5.74) is 0. The van der Waals surface area contributed by atoms with Gasteiger partial charge < -0.3 is 10.1 Å². The number of piperidine rings is 1. The van der Waals surface area contributed by atoms with Crippen molar-refractivity contribution in [1.82, 2.24) is 9.62 Å². The summed E-state index contributed by atoms with van der Waals surface area (Å²) in [5.74, 6) is 0. The minimum Gasteiger partial charge on any atom is -0.380 e. The van der Waals surface area contributed by atoms with Gasteiger partial charge >= 0.3 is 0 Å². The maximum absolute atomic E-state index is 11.5. The molecule has 2 fully saturated rings. The zero-order chi connectivity index (χ0) is 13.9. The number of ether oxygens (including phenoxy) is 1. The van der Waals surface area contributed by atoms with Crippen LogP contribution in [0.25, 0.3) is 0 Å². The SMILES string of the molecule is COC1CCCCC1NC1CCN(S(C)(=O)=O)CC1. The largest absolute Gasteiger partial charge is 0.380 e. The highest BCUT2D eigenvalue weighted by atomic mass is 32.2. The lowest BCUT2D eigenvalue weighted by atomic mass is 9.91. The van der Waals surface area contributed by atoms with E-state index < -0.39 is 10.0 Å². The van der Waals surface area contributed by atoms with Crippen molar-refractivity contribution in [2.24, 2.45) is 0 Å². The van der Waals surface area contributed by atoms with Gasteiger partial charge in [0.1, 0.15) is 0 Å². The molecule has 19 heavy (non-hydrogen) atoms. The van der Waals surface area contributed by atoms with Crippen LogP contribution in [0.2, 0.25) is 0 Å². The van der Waals surface area contributed by atoms with E-state index in [4.69, 9.17) is 4.74 Å². The number of hydrogen-bond acceptors (Lipinski definition) is 4. The maximum atomic E-state index is 11.5. The Morgan fingerprint density at radius 2 is 1.74 bits per heavy atom. The van der Waals surface area contributed by atoms with Crippen LogP contribution in [-0.4, -0.2) is 57.4 Å². The van der Waals surface area contributed by atoms with Gasteiger partial charge in [-0.05, 0) is 25.7 Å². The van der Waals surface area contributed by atoms with Gasteiger partial charge in [-0.25, -0.2) is 12.7 Å². The van der Waals surface area contributed by atoms with E-state index in [1.54, 1.807) is 11.4 Å². The molecule has 1 saturated carbocycles. The molecule has 1 aliphatic carbocycles. The first-order valence-electron chi connectivity index (χ1n) is 7.24. The van der Waals surface area contributed by atoms with Crippen molar-refractivity contribution < 1.29 is 13.2 Å². The second kappa shape index (κ2) is 6.52. The third-order valence-corrected chi connectivity index (χ3v) is 5.68. The molecule has 0 amide bonds. The standard InChI is InChI=1S/C13H26N2O3S/c1-18-13-6-4-3-5-12(13)14-11-7-9-15(10-8-11)19(2,16)17/h11-14H,3-10H2,1-2H3. The second-order valence-electron chi connectivity index (χ2n) is 5.77. The van der Waals surface area contributed by atoms with Crippen LogP contribution < -0.4 is 5.32 Å². The van der Waals surface area contributed by atoms with E-state index in [0.29, 0.717) is 31.3 Å². The van der Waals surface area contributed by atoms with Crippen LogP contribution in [0.15, 0.2) is 0 Å². The second-order valence-corrected chi connectivity index (χ2v) is 7.75. The van der Waals surface area contributed by atoms with Crippen LogP contribution in [0.5, 0.6) is 0 Å². The molecule has 0 aromatic carbocycles. The molecule has 1 N–H and O–H groups in total. The molecule has 0 aromatic rings. The fourth-order valence-corrected chi connectivity index (χ4v) is 4.10. The van der Waals surface area contributed by atoms with E-state index in [1.165, 1.54) is 25.5 Å². The van der Waals surface area contributed by atoms with Crippen molar-refractivity contribution in [3.05, 3.63) is 0 Å². The summed E-state index contributed by atoms with van der Waals surface area (Å²) in [6.45, 7) is 1.28. The van der Waals surface area contributed by atoms with Gasteiger partial charge in [-0.3, -0.25) is 0 Å². The fraction of sp³-hybridized carbons (Fsp3) is 1.00. The molecule has 2 aliphatic rings. The van der Waals surface area contributed by atoms with E-state index in [2.05, 4.69) is 5.32 Å². The average Bonchev–Trinajstić information content (AvgIpc) is 2.39. The zero-order valence-electron chi connectivity index (χ0n) is 12.0. The van der Waals surface area contributed by atoms with Gasteiger partial charge in [0.05, 0.1) is 12.4 Å². The summed E-state index contributed by atoms with van der Waals surface area (Å²) in [6.07, 6.45) is 8.24. The lowest BCUT2D eigenvalue weighted by molar-refractivity contribution is 0.0352. The zero-order valence-corrected chi connectivity index (χ0v) is 12.8. The summed E-state index contributed by atoms with van der Waals surface area (Å²) < 4.78 is 30.1. The van der Waals surface area contributed by atoms with Gasteiger partial charge in [0, 0.05) is 32.3 Å². The van der Waals surface area contributed by atoms with Crippen molar-refractivity contribution in [1.29, 1.82) is 0 Å². The van der Waals surface area contributed by atoms with Crippen molar-refractivity contribution in [2.75, 3.05) is 26.5 Å². The molecule has 1 aliphatic heterocycles. The van der Waals surface area contributed by atoms with Gasteiger partial charge in [-0.2, -0.15) is 0 Å². The van der Waals surface area contributed by atoms with E-state index >= 15 is 0 Å². The highest BCUT2D eigenvalue weighted by Gasteiger charge is 2.30. The molecule has 0 aromatic heterocycles. The van der Waals surface area contributed by atoms with Gasteiger partial charge in [0.25, 0.3) is 0 Å². The van der Waals surface area contributed by atoms with Gasteiger partial charge in [0.15, 0.2) is 0 Å². The van der Waals surface area contributed by atoms with E-state index in [9.17, 15) is 8.42 Å². The Morgan fingerprint density at radius 1 is 1.11 bits per heavy atom. The molecule has 0 spiro atoms. The number of hydrogen-bond donors (Lipinski definition) is 1. The Hall–Kier alpha value is -0.170. The van der Waals surface area contributed by atoms with Crippen molar-refractivity contribution in [2.45, 2.75) is 56.7 Å². The average molecular weight is 290 g/mol. The first-order valence-corrected chi connectivity index (χ1v) is 9.09. The predicted octanol–water partition coefficient (Wildman–Crippen LogP) is 0.958. The number of nitrogens with one attached hydrogen (secondary N) is 1. The lowest BCUT2D eigenvalue weighted by Gasteiger charge is -2.37. The summed E-state index contributed by atoms with van der Waals surface area (Å²) in [5, 5.41) is 3.68. The Kier molecular flexibility index (Phi) is 5.22. The van der Waals surface area contributed by atoms with Gasteiger partial charge in [0.2, 0.25) is 10.0 Å². The highest BCUT2D eigenvalue weighted by molar-refractivity contribution is 7.88. The summed E-state index contributed by atoms with van der Waals surface area (Å²) >= 11 is 0. The molecule has 1 heterocycles. The van der Waals surface area contributed by atoms with Crippen LogP contribution in [0.1, 0.15) is 38.5 Å². The normalized spacial score (nSPS) is 31.5. The van der Waals surface area contributed by atoms with E-state index in [-0.39, 0.29) is 0 Å². The van der Waals surface area contributed by atoms with Gasteiger partial charge in [-0.1, -0.05) is 12.8 Å². The summed E-state index contributed by atoms with van der Waals surface area (Å²) in [6, 6.07) is 0.868. The molecule has 0 bridgehead atoms. The fourth-order valence-electron chi connectivity index (χ4n) is 3.23. The number of methoxy groups -OCH3 is 1. The molecule has 2 atom stereocenters. The monoisotopic (exact) mass is 290 g/mol. The third kappa shape index (κ3) is 4.15. The molecular weight excluding hydrogens is 264 g/mol. The molecule has 1 saturated heterocycles. The number of sulfonamides is 1. The predicted molar refractivity (Wildman–Crippen MR) is 75.6 cm³/mol. The minimum atomic E-state index is -3.02. The lowest BCUT2D eigenvalue weighted by Crippen LogP contribution is -2.52. The maximum Gasteiger partial charge on any atom is 0.211 e. The Balaban J connectivity index is 1.82. The molecule has 112 valence electrons. The summed E-state index contributed by atoms with van der Waals surface area (Å²) in [4.78, 5) is 0. The Labute approximate surface area is 116 Å². The van der Waals surface area contributed by atoms with Crippen LogP contribution in [0, 0.1) is 0 Å². The highest BCUT2D eigenvalue weighted by Crippen LogP contribution is 2.23. The van der Waals surface area contributed by atoms with Crippen LogP contribution in [0.3, 0.4) is 0 Å². The molecule has 2 unspecified atom stereocenters. The molecule has 2 rings (SSSR count). The Morgan fingerprint density at radius 3 is 2.32 bits per heavy atom. The number of nitrogens with zero attached hydrogens (tertiary/aromatic N) is 1. The first kappa shape index (κ1) is 15.2. The van der Waals surface area contributed by atoms with Gasteiger partial charge in [-0.15, -0.1) is 0 Å². The van der Waals surface area contributed by atoms with Crippen molar-refractivity contribution in [3.8, 4) is 0 Å². The topological polar surface area (TPSA) is 58.6 Å². The van der Waals surface area contributed by atoms with Crippen molar-refractivity contribution >= 4 is 10.0 Å². The summed E-state index contributed by atoms with van der Waals surface area (Å²) in [7, 11) is -1.23. The van der Waals surface area contributed by atoms with Crippen LogP contribution >= 0.6 is 0 Å². The molecule has 5 nitrogen and oxygen atoms in total. The van der Waals surface area contributed by atoms with Crippen LogP contribution in [-0.2, 0) is 14.8 Å². The third-order valence-electron chi connectivity index (χ3n) is 4.38. The quantitative estimate of drug-likeness (QED) is 0.838. The smallest absolute Gasteiger partial charge is 0.211 e. The molecular formula is C13H26N2O3S. The number of rotatable bonds is 4. The van der Waals surface area contributed by atoms with E-state index in [0.717, 1.165) is 19.3 Å². The van der Waals surface area contributed by atoms with Crippen molar-refractivity contribution in [3.63, 3.8) is 0 Å². The van der Waals surface area contributed by atoms with E-state index in [1.807, 2.05) is 0 Å². The molecule has 0 radical (unpaired) electrons. The Bertz CT molecular complexity index is 377. The van der Waals surface area contributed by atoms with Crippen LogP contribution in [0.4, 0.5) is 0 Å². The minimum absolute atomic E-state index is 0.321.